The summed E-state index contributed by atoms with van der Waals surface area (Å²) >= 11 is 1.86. The summed E-state index contributed by atoms with van der Waals surface area (Å²) in [6.07, 6.45) is 0. The van der Waals surface area contributed by atoms with Gasteiger partial charge in [0.15, 0.2) is 0 Å². The number of anilines is 3. The number of hydrogen-bond acceptors (Lipinski definition) is 4. The maximum absolute atomic E-state index is 6.68. The van der Waals surface area contributed by atoms with Crippen LogP contribution in [-0.4, -0.2) is 0 Å². The van der Waals surface area contributed by atoms with E-state index < -0.39 is 10.8 Å². The van der Waals surface area contributed by atoms with Crippen molar-refractivity contribution in [1.29, 1.82) is 0 Å². The quantitative estimate of drug-likeness (QED) is 0.176. The van der Waals surface area contributed by atoms with Crippen molar-refractivity contribution in [2.45, 2.75) is 10.8 Å². The topological polar surface area (TPSA) is 21.7 Å². The summed E-state index contributed by atoms with van der Waals surface area (Å²) in [5.74, 6) is 3.56. The number of benzene rings is 11. The second-order valence-electron chi connectivity index (χ2n) is 19.4. The molecule has 336 valence electrons. The second-order valence-corrected chi connectivity index (χ2v) is 20.5. The molecule has 0 atom stereocenters. The van der Waals surface area contributed by atoms with Crippen LogP contribution in [0.5, 0.6) is 23.0 Å². The number of thiophene rings is 1. The Morgan fingerprint density at radius 1 is 0.278 bits per heavy atom. The third-order valence-corrected chi connectivity index (χ3v) is 17.2. The van der Waals surface area contributed by atoms with Gasteiger partial charge in [0.05, 0.1) is 10.8 Å². The molecule has 11 aromatic carbocycles. The zero-order valence-electron chi connectivity index (χ0n) is 38.8. The average molecular weight is 936 g/mol. The first-order valence-electron chi connectivity index (χ1n) is 24.7. The van der Waals surface area contributed by atoms with Crippen molar-refractivity contribution in [3.8, 4) is 56.4 Å². The highest BCUT2D eigenvalue weighted by molar-refractivity contribution is 7.25. The Morgan fingerprint density at radius 3 is 1.18 bits per heavy atom. The predicted octanol–water partition coefficient (Wildman–Crippen LogP) is 18.1. The highest BCUT2D eigenvalue weighted by Gasteiger charge is 2.53. The lowest BCUT2D eigenvalue weighted by Crippen LogP contribution is -2.32. The summed E-state index contributed by atoms with van der Waals surface area (Å²) in [4.78, 5) is 2.46. The molecule has 2 spiro atoms. The van der Waals surface area contributed by atoms with Crippen LogP contribution < -0.4 is 14.4 Å². The van der Waals surface area contributed by atoms with Crippen LogP contribution in [0.1, 0.15) is 44.5 Å². The standard InChI is InChI=1S/C68H41NO2S/c1-4-18-53-47(15-1)50-40-45(34-36-55(50)67(53)57-20-6-10-24-61(57)70-62-25-11-7-21-58(62)67)69(44-32-29-42(30-33-44)43-31-38-66-52(39-43)49-17-3-14-28-65(49)72-66)46-35-37-56-51(41-46)48-16-2-5-19-54(48)68(56)59-22-8-12-26-63(59)71-64-27-13-9-23-60(64)68/h1-41H. The molecule has 0 amide bonds. The molecule has 1 aromatic heterocycles. The van der Waals surface area contributed by atoms with E-state index in [0.717, 1.165) is 62.3 Å². The molecule has 3 nitrogen and oxygen atoms in total. The lowest BCUT2D eigenvalue weighted by atomic mass is 9.66. The van der Waals surface area contributed by atoms with Gasteiger partial charge in [-0.25, -0.2) is 0 Å². The molecule has 0 N–H and O–H groups in total. The Bertz CT molecular complexity index is 3970. The van der Waals surface area contributed by atoms with Crippen molar-refractivity contribution in [3.63, 3.8) is 0 Å². The zero-order valence-corrected chi connectivity index (χ0v) is 39.7. The fourth-order valence-corrected chi connectivity index (χ4v) is 14.2. The zero-order chi connectivity index (χ0) is 47.1. The molecule has 16 rings (SSSR count). The maximum Gasteiger partial charge on any atom is 0.132 e. The van der Waals surface area contributed by atoms with Crippen LogP contribution in [0, 0.1) is 0 Å². The highest BCUT2D eigenvalue weighted by Crippen LogP contribution is 2.65. The summed E-state index contributed by atoms with van der Waals surface area (Å²) in [5, 5.41) is 2.61. The molecular weight excluding hydrogens is 895 g/mol. The summed E-state index contributed by atoms with van der Waals surface area (Å²) in [7, 11) is 0. The van der Waals surface area contributed by atoms with Crippen molar-refractivity contribution in [1.82, 2.24) is 0 Å². The molecular formula is C68H41NO2S. The van der Waals surface area contributed by atoms with Crippen LogP contribution in [0.3, 0.4) is 0 Å². The number of rotatable bonds is 4. The van der Waals surface area contributed by atoms with Gasteiger partial charge in [0, 0.05) is 59.5 Å². The van der Waals surface area contributed by atoms with Crippen LogP contribution in [-0.2, 0) is 10.8 Å². The van der Waals surface area contributed by atoms with E-state index in [1.165, 1.54) is 75.8 Å². The average Bonchev–Trinajstić information content (AvgIpc) is 4.06. The summed E-state index contributed by atoms with van der Waals surface area (Å²) in [6, 6.07) is 91.5. The Balaban J connectivity index is 0.915. The van der Waals surface area contributed by atoms with Crippen LogP contribution in [0.2, 0.25) is 0 Å². The molecule has 0 saturated carbocycles. The minimum absolute atomic E-state index is 0.556. The van der Waals surface area contributed by atoms with E-state index >= 15 is 0 Å². The molecule has 0 fully saturated rings. The van der Waals surface area contributed by atoms with Gasteiger partial charge in [-0.1, -0.05) is 170 Å². The van der Waals surface area contributed by atoms with Gasteiger partial charge in [0.25, 0.3) is 0 Å². The summed E-state index contributed by atoms with van der Waals surface area (Å²) < 4.78 is 16.0. The first-order valence-corrected chi connectivity index (χ1v) is 25.5. The number of ether oxygens (including phenoxy) is 2. The molecule has 4 aliphatic rings. The normalized spacial score (nSPS) is 14.3. The molecule has 12 aromatic rings. The number of nitrogens with zero attached hydrogens (tertiary/aromatic N) is 1. The van der Waals surface area contributed by atoms with E-state index in [1.807, 2.05) is 11.3 Å². The van der Waals surface area contributed by atoms with E-state index in [1.54, 1.807) is 0 Å². The third-order valence-electron chi connectivity index (χ3n) is 16.0. The first kappa shape index (κ1) is 39.8. The predicted molar refractivity (Wildman–Crippen MR) is 294 cm³/mol. The molecule has 3 heterocycles. The van der Waals surface area contributed by atoms with Gasteiger partial charge in [-0.05, 0) is 134 Å². The molecule has 2 aliphatic carbocycles. The first-order chi connectivity index (χ1) is 35.7. The molecule has 4 heteroatoms. The largest absolute Gasteiger partial charge is 0.457 e. The highest BCUT2D eigenvalue weighted by atomic mass is 32.1. The van der Waals surface area contributed by atoms with Gasteiger partial charge in [-0.2, -0.15) is 0 Å². The van der Waals surface area contributed by atoms with Gasteiger partial charge < -0.3 is 14.4 Å². The SMILES string of the molecule is c1ccc2c(c1)Oc1ccccc1C21c2ccccc2-c2cc(N(c3ccc(-c4ccc5sc6ccccc6c5c4)cc3)c3ccc4c(c3)-c3ccccc3C43c4ccccc4Oc4ccccc43)ccc21. The summed E-state index contributed by atoms with van der Waals surface area (Å²) in [5.41, 5.74) is 19.1. The minimum atomic E-state index is -0.556. The molecule has 0 saturated heterocycles. The van der Waals surface area contributed by atoms with E-state index in [0.29, 0.717) is 0 Å². The van der Waals surface area contributed by atoms with E-state index in [2.05, 4.69) is 254 Å². The smallest absolute Gasteiger partial charge is 0.132 e. The maximum atomic E-state index is 6.68. The van der Waals surface area contributed by atoms with Crippen LogP contribution in [0.15, 0.2) is 249 Å². The second kappa shape index (κ2) is 14.8. The fraction of sp³-hybridized carbons (Fsp3) is 0.0294. The lowest BCUT2D eigenvalue weighted by Gasteiger charge is -2.39. The molecule has 0 unspecified atom stereocenters. The fourth-order valence-electron chi connectivity index (χ4n) is 13.1. The Labute approximate surface area is 421 Å². The van der Waals surface area contributed by atoms with Crippen molar-refractivity contribution in [3.05, 3.63) is 293 Å². The molecule has 2 aliphatic heterocycles. The summed E-state index contributed by atoms with van der Waals surface area (Å²) in [6.45, 7) is 0. The van der Waals surface area contributed by atoms with Crippen LogP contribution in [0.4, 0.5) is 17.1 Å². The Morgan fingerprint density at radius 2 is 0.667 bits per heavy atom. The minimum Gasteiger partial charge on any atom is -0.457 e. The van der Waals surface area contributed by atoms with Crippen molar-refractivity contribution in [2.75, 3.05) is 4.90 Å². The Hall–Kier alpha value is -8.96. The monoisotopic (exact) mass is 935 g/mol. The van der Waals surface area contributed by atoms with E-state index in [4.69, 9.17) is 9.47 Å². The van der Waals surface area contributed by atoms with Crippen LogP contribution in [0.25, 0.3) is 53.6 Å². The van der Waals surface area contributed by atoms with Gasteiger partial charge >= 0.3 is 0 Å². The van der Waals surface area contributed by atoms with Crippen molar-refractivity contribution >= 4 is 48.6 Å². The number of fused-ring (bicyclic) bond motifs is 21. The van der Waals surface area contributed by atoms with Gasteiger partial charge in [-0.3, -0.25) is 0 Å². The molecule has 0 bridgehead atoms. The van der Waals surface area contributed by atoms with Crippen molar-refractivity contribution < 1.29 is 9.47 Å². The van der Waals surface area contributed by atoms with Gasteiger partial charge in [0.2, 0.25) is 0 Å². The number of para-hydroxylation sites is 4. The number of hydrogen-bond donors (Lipinski definition) is 0. The third kappa shape index (κ3) is 5.23. The lowest BCUT2D eigenvalue weighted by molar-refractivity contribution is 0.436. The van der Waals surface area contributed by atoms with Gasteiger partial charge in [-0.15, -0.1) is 11.3 Å². The van der Waals surface area contributed by atoms with Crippen LogP contribution >= 0.6 is 11.3 Å². The Kier molecular flexibility index (Phi) is 8.18. The van der Waals surface area contributed by atoms with Gasteiger partial charge in [0.1, 0.15) is 23.0 Å². The molecule has 72 heavy (non-hydrogen) atoms. The van der Waals surface area contributed by atoms with E-state index in [-0.39, 0.29) is 0 Å². The molecule has 0 radical (unpaired) electrons. The van der Waals surface area contributed by atoms with E-state index in [9.17, 15) is 0 Å². The van der Waals surface area contributed by atoms with Crippen molar-refractivity contribution in [2.24, 2.45) is 0 Å².